The minimum atomic E-state index is 0.786. The van der Waals surface area contributed by atoms with E-state index in [1.54, 1.807) is 0 Å². The molecule has 0 saturated heterocycles. The van der Waals surface area contributed by atoms with E-state index in [4.69, 9.17) is 16.6 Å². The van der Waals surface area contributed by atoms with Gasteiger partial charge in [-0.05, 0) is 52.2 Å². The highest BCUT2D eigenvalue weighted by molar-refractivity contribution is 6.32. The fraction of sp³-hybridized carbons (Fsp3) is 0.438. The topological polar surface area (TPSA) is 28.2 Å². The third kappa shape index (κ3) is 3.48. The van der Waals surface area contributed by atoms with Gasteiger partial charge in [0.15, 0.2) is 0 Å². The Kier molecular flexibility index (Phi) is 5.35. The molecule has 108 valence electrons. The van der Waals surface area contributed by atoms with Crippen LogP contribution in [-0.4, -0.2) is 37.1 Å². The lowest BCUT2D eigenvalue weighted by molar-refractivity contribution is 0.318. The minimum absolute atomic E-state index is 0.786. The minimum Gasteiger partial charge on any atom is -0.320 e. The van der Waals surface area contributed by atoms with E-state index in [0.29, 0.717) is 0 Å². The number of aryl methyl sites for hydroxylation is 1. The molecule has 1 aromatic carbocycles. The van der Waals surface area contributed by atoms with Crippen LogP contribution >= 0.6 is 11.6 Å². The summed E-state index contributed by atoms with van der Waals surface area (Å²) in [5, 5.41) is 5.10. The highest BCUT2D eigenvalue weighted by Crippen LogP contribution is 2.27. The van der Waals surface area contributed by atoms with Gasteiger partial charge in [-0.2, -0.15) is 0 Å². The van der Waals surface area contributed by atoms with Gasteiger partial charge in [0.2, 0.25) is 0 Å². The first kappa shape index (κ1) is 15.2. The number of halogens is 1. The Labute approximate surface area is 126 Å². The molecule has 2 aromatic rings. The smallest absolute Gasteiger partial charge is 0.0740 e. The number of pyridine rings is 1. The molecule has 0 aliphatic heterocycles. The largest absolute Gasteiger partial charge is 0.320 e. The second-order valence-corrected chi connectivity index (χ2v) is 5.59. The Morgan fingerprint density at radius 3 is 2.80 bits per heavy atom. The summed E-state index contributed by atoms with van der Waals surface area (Å²) in [4.78, 5) is 6.98. The lowest BCUT2D eigenvalue weighted by atomic mass is 10.1. The van der Waals surface area contributed by atoms with Crippen LogP contribution in [-0.2, 0) is 6.54 Å². The molecule has 0 saturated carbocycles. The highest BCUT2D eigenvalue weighted by atomic mass is 35.5. The van der Waals surface area contributed by atoms with Crippen molar-refractivity contribution >= 4 is 22.5 Å². The molecule has 0 atom stereocenters. The average molecular weight is 292 g/mol. The van der Waals surface area contributed by atoms with Crippen molar-refractivity contribution in [3.63, 3.8) is 0 Å². The molecule has 1 N–H and O–H groups in total. The Morgan fingerprint density at radius 1 is 1.30 bits per heavy atom. The van der Waals surface area contributed by atoms with Gasteiger partial charge in [0.1, 0.15) is 0 Å². The van der Waals surface area contributed by atoms with Crippen molar-refractivity contribution < 1.29 is 0 Å². The van der Waals surface area contributed by atoms with Crippen LogP contribution in [0, 0.1) is 6.92 Å². The van der Waals surface area contributed by atoms with Gasteiger partial charge in [0, 0.05) is 11.9 Å². The maximum Gasteiger partial charge on any atom is 0.0740 e. The summed E-state index contributed by atoms with van der Waals surface area (Å²) in [5.74, 6) is 0. The Hall–Kier alpha value is -1.16. The van der Waals surface area contributed by atoms with Gasteiger partial charge >= 0.3 is 0 Å². The maximum absolute atomic E-state index is 6.48. The standard InChI is InChI=1S/C16H22ClN3/c1-12-13-7-4-5-8-14(13)19-15(16(12)17)11-20(3)10-6-9-18-2/h4-5,7-8,18H,6,9-11H2,1-3H3. The predicted molar refractivity (Wildman–Crippen MR) is 86.4 cm³/mol. The first-order chi connectivity index (χ1) is 9.63. The number of para-hydroxylation sites is 1. The van der Waals surface area contributed by atoms with Gasteiger partial charge in [0.25, 0.3) is 0 Å². The van der Waals surface area contributed by atoms with Crippen LogP contribution in [0.1, 0.15) is 17.7 Å². The van der Waals surface area contributed by atoms with Crippen LogP contribution in [0.15, 0.2) is 24.3 Å². The van der Waals surface area contributed by atoms with E-state index in [-0.39, 0.29) is 0 Å². The summed E-state index contributed by atoms with van der Waals surface area (Å²) in [5.41, 5.74) is 3.11. The van der Waals surface area contributed by atoms with Crippen LogP contribution in [0.25, 0.3) is 10.9 Å². The van der Waals surface area contributed by atoms with Crippen LogP contribution in [0.2, 0.25) is 5.02 Å². The molecule has 0 aliphatic carbocycles. The van der Waals surface area contributed by atoms with Crippen molar-refractivity contribution in [3.05, 3.63) is 40.5 Å². The summed E-state index contributed by atoms with van der Waals surface area (Å²) in [6, 6.07) is 8.16. The molecule has 20 heavy (non-hydrogen) atoms. The SMILES string of the molecule is CNCCCN(C)Cc1nc2ccccc2c(C)c1Cl. The quantitative estimate of drug-likeness (QED) is 0.828. The van der Waals surface area contributed by atoms with Crippen LogP contribution in [0.4, 0.5) is 0 Å². The first-order valence-corrected chi connectivity index (χ1v) is 7.38. The van der Waals surface area contributed by atoms with Gasteiger partial charge in [-0.1, -0.05) is 29.8 Å². The zero-order valence-corrected chi connectivity index (χ0v) is 13.2. The molecule has 0 aliphatic rings. The molecule has 1 heterocycles. The summed E-state index contributed by atoms with van der Waals surface area (Å²) in [6.07, 6.45) is 1.12. The van der Waals surface area contributed by atoms with Crippen molar-refractivity contribution in [2.24, 2.45) is 0 Å². The van der Waals surface area contributed by atoms with Crippen molar-refractivity contribution in [2.75, 3.05) is 27.2 Å². The molecule has 3 nitrogen and oxygen atoms in total. The molecular weight excluding hydrogens is 270 g/mol. The van der Waals surface area contributed by atoms with Crippen LogP contribution in [0.3, 0.4) is 0 Å². The third-order valence-corrected chi connectivity index (χ3v) is 4.03. The van der Waals surface area contributed by atoms with E-state index in [0.717, 1.165) is 53.2 Å². The molecule has 0 fully saturated rings. The van der Waals surface area contributed by atoms with Crippen LogP contribution < -0.4 is 5.32 Å². The zero-order chi connectivity index (χ0) is 14.5. The fourth-order valence-electron chi connectivity index (χ4n) is 2.38. The molecule has 2 rings (SSSR count). The molecular formula is C16H22ClN3. The molecule has 0 spiro atoms. The third-order valence-electron chi connectivity index (χ3n) is 3.53. The number of nitrogens with one attached hydrogen (secondary N) is 1. The fourth-order valence-corrected chi connectivity index (χ4v) is 2.59. The van der Waals surface area contributed by atoms with Gasteiger partial charge < -0.3 is 10.2 Å². The molecule has 0 amide bonds. The maximum atomic E-state index is 6.48. The summed E-state index contributed by atoms with van der Waals surface area (Å²) in [6.45, 7) is 4.91. The Bertz CT molecular complexity index is 583. The van der Waals surface area contributed by atoms with Crippen molar-refractivity contribution in [2.45, 2.75) is 19.9 Å². The molecule has 0 unspecified atom stereocenters. The second-order valence-electron chi connectivity index (χ2n) is 5.21. The Balaban J connectivity index is 2.19. The normalized spacial score (nSPS) is 11.4. The number of benzene rings is 1. The zero-order valence-electron chi connectivity index (χ0n) is 12.4. The van der Waals surface area contributed by atoms with Gasteiger partial charge in [-0.15, -0.1) is 0 Å². The van der Waals surface area contributed by atoms with E-state index in [1.165, 1.54) is 0 Å². The van der Waals surface area contributed by atoms with E-state index in [2.05, 4.69) is 30.3 Å². The van der Waals surface area contributed by atoms with Crippen molar-refractivity contribution in [1.29, 1.82) is 0 Å². The van der Waals surface area contributed by atoms with Gasteiger partial charge in [0.05, 0.1) is 16.2 Å². The predicted octanol–water partition coefficient (Wildman–Crippen LogP) is 3.24. The van der Waals surface area contributed by atoms with Gasteiger partial charge in [-0.25, -0.2) is 4.98 Å². The number of aromatic nitrogens is 1. The average Bonchev–Trinajstić information content (AvgIpc) is 2.45. The number of fused-ring (bicyclic) bond motifs is 1. The van der Waals surface area contributed by atoms with E-state index in [1.807, 2.05) is 25.2 Å². The summed E-state index contributed by atoms with van der Waals surface area (Å²) < 4.78 is 0. The van der Waals surface area contributed by atoms with Crippen molar-refractivity contribution in [3.8, 4) is 0 Å². The Morgan fingerprint density at radius 2 is 2.05 bits per heavy atom. The van der Waals surface area contributed by atoms with E-state index >= 15 is 0 Å². The van der Waals surface area contributed by atoms with Gasteiger partial charge in [-0.3, -0.25) is 0 Å². The summed E-state index contributed by atoms with van der Waals surface area (Å²) >= 11 is 6.48. The molecule has 0 bridgehead atoms. The van der Waals surface area contributed by atoms with Crippen molar-refractivity contribution in [1.82, 2.24) is 15.2 Å². The monoisotopic (exact) mass is 291 g/mol. The molecule has 1 aromatic heterocycles. The lowest BCUT2D eigenvalue weighted by Crippen LogP contribution is -2.23. The first-order valence-electron chi connectivity index (χ1n) is 7.00. The summed E-state index contributed by atoms with van der Waals surface area (Å²) in [7, 11) is 4.09. The number of hydrogen-bond acceptors (Lipinski definition) is 3. The number of hydrogen-bond donors (Lipinski definition) is 1. The number of rotatable bonds is 6. The lowest BCUT2D eigenvalue weighted by Gasteiger charge is -2.18. The second kappa shape index (κ2) is 7.02. The highest BCUT2D eigenvalue weighted by Gasteiger charge is 2.11. The number of nitrogens with zero attached hydrogens (tertiary/aromatic N) is 2. The van der Waals surface area contributed by atoms with Crippen LogP contribution in [0.5, 0.6) is 0 Å². The van der Waals surface area contributed by atoms with E-state index in [9.17, 15) is 0 Å². The molecule has 0 radical (unpaired) electrons. The molecule has 4 heteroatoms. The van der Waals surface area contributed by atoms with E-state index < -0.39 is 0 Å².